The minimum atomic E-state index is 0.0701. The van der Waals surface area contributed by atoms with Gasteiger partial charge in [0.05, 0.1) is 0 Å². The van der Waals surface area contributed by atoms with Crippen molar-refractivity contribution in [3.63, 3.8) is 0 Å². The summed E-state index contributed by atoms with van der Waals surface area (Å²) < 4.78 is 0. The molecule has 1 aliphatic carbocycles. The van der Waals surface area contributed by atoms with Gasteiger partial charge in [-0.2, -0.15) is 0 Å². The Morgan fingerprint density at radius 2 is 1.70 bits per heavy atom. The van der Waals surface area contributed by atoms with Gasteiger partial charge in [-0.1, -0.05) is 45.9 Å². The van der Waals surface area contributed by atoms with E-state index < -0.39 is 0 Å². The van der Waals surface area contributed by atoms with E-state index in [1.165, 1.54) is 0 Å². The summed E-state index contributed by atoms with van der Waals surface area (Å²) in [4.78, 5) is 12.5. The lowest BCUT2D eigenvalue weighted by atomic mass is 10.0. The first-order chi connectivity index (χ1) is 9.23. The van der Waals surface area contributed by atoms with Crippen LogP contribution < -0.4 is 10.6 Å². The van der Waals surface area contributed by atoms with Crippen LogP contribution in [0.15, 0.2) is 24.3 Å². The van der Waals surface area contributed by atoms with Crippen molar-refractivity contribution >= 4 is 11.6 Å². The van der Waals surface area contributed by atoms with E-state index in [-0.39, 0.29) is 28.7 Å². The summed E-state index contributed by atoms with van der Waals surface area (Å²) in [5.41, 5.74) is 2.18. The van der Waals surface area contributed by atoms with Gasteiger partial charge >= 0.3 is 0 Å². The third-order valence-electron chi connectivity index (χ3n) is 5.40. The summed E-state index contributed by atoms with van der Waals surface area (Å²) in [6.07, 6.45) is 0. The van der Waals surface area contributed by atoms with Gasteiger partial charge in [0, 0.05) is 17.6 Å². The summed E-state index contributed by atoms with van der Waals surface area (Å²) in [7, 11) is 1.93. The van der Waals surface area contributed by atoms with E-state index in [2.05, 4.69) is 51.3 Å². The largest absolute Gasteiger partial charge is 0.326 e. The van der Waals surface area contributed by atoms with Gasteiger partial charge in [-0.05, 0) is 36.4 Å². The molecule has 3 heteroatoms. The Balaban J connectivity index is 2.18. The first-order valence-corrected chi connectivity index (χ1v) is 7.30. The summed E-state index contributed by atoms with van der Waals surface area (Å²) in [5.74, 6) is 0.212. The standard InChI is InChI=1S/C17H26N2O/c1-11(18-6)12-9-7-8-10-13(12)19-15(20)14-16(2,3)17(14,4)5/h7-11,14,18H,1-6H3,(H,19,20). The second-order valence-corrected chi connectivity index (χ2v) is 6.96. The Bertz CT molecular complexity index is 505. The Morgan fingerprint density at radius 1 is 1.15 bits per heavy atom. The topological polar surface area (TPSA) is 41.1 Å². The molecule has 0 bridgehead atoms. The van der Waals surface area contributed by atoms with Gasteiger partial charge in [0.25, 0.3) is 0 Å². The fourth-order valence-corrected chi connectivity index (χ4v) is 3.20. The SMILES string of the molecule is CNC(C)c1ccccc1NC(=O)C1C(C)(C)C1(C)C. The molecule has 1 unspecified atom stereocenters. The van der Waals surface area contributed by atoms with Crippen LogP contribution in [-0.2, 0) is 4.79 Å². The third kappa shape index (κ3) is 2.24. The van der Waals surface area contributed by atoms with Crippen molar-refractivity contribution in [3.05, 3.63) is 29.8 Å². The Labute approximate surface area is 122 Å². The van der Waals surface area contributed by atoms with E-state index in [9.17, 15) is 4.79 Å². The number of para-hydroxylation sites is 1. The number of anilines is 1. The number of hydrogen-bond acceptors (Lipinski definition) is 2. The highest BCUT2D eigenvalue weighted by Gasteiger charge is 2.68. The van der Waals surface area contributed by atoms with Crippen LogP contribution in [0.5, 0.6) is 0 Å². The Kier molecular flexibility index (Phi) is 3.67. The molecule has 1 saturated carbocycles. The predicted octanol–water partition coefficient (Wildman–Crippen LogP) is 3.59. The van der Waals surface area contributed by atoms with Gasteiger partial charge < -0.3 is 10.6 Å². The summed E-state index contributed by atoms with van der Waals surface area (Å²) in [6.45, 7) is 10.8. The maximum Gasteiger partial charge on any atom is 0.228 e. The average molecular weight is 274 g/mol. The molecule has 1 aromatic carbocycles. The number of benzene rings is 1. The smallest absolute Gasteiger partial charge is 0.228 e. The summed E-state index contributed by atoms with van der Waals surface area (Å²) in [6, 6.07) is 8.21. The lowest BCUT2D eigenvalue weighted by Crippen LogP contribution is -2.21. The van der Waals surface area contributed by atoms with Gasteiger partial charge in [-0.25, -0.2) is 0 Å². The molecule has 1 atom stereocenters. The van der Waals surface area contributed by atoms with E-state index in [4.69, 9.17) is 0 Å². The zero-order valence-electron chi connectivity index (χ0n) is 13.4. The molecule has 0 heterocycles. The quantitative estimate of drug-likeness (QED) is 0.881. The van der Waals surface area contributed by atoms with Crippen molar-refractivity contribution in [2.24, 2.45) is 16.7 Å². The van der Waals surface area contributed by atoms with Gasteiger partial charge in [-0.15, -0.1) is 0 Å². The van der Waals surface area contributed by atoms with E-state index in [0.717, 1.165) is 11.3 Å². The Morgan fingerprint density at radius 3 is 2.20 bits per heavy atom. The molecule has 0 aromatic heterocycles. The van der Waals surface area contributed by atoms with Crippen molar-refractivity contribution in [3.8, 4) is 0 Å². The number of nitrogens with one attached hydrogen (secondary N) is 2. The zero-order chi connectivity index (χ0) is 15.1. The molecule has 2 rings (SSSR count). The number of hydrogen-bond donors (Lipinski definition) is 2. The molecule has 1 aromatic rings. The van der Waals surface area contributed by atoms with E-state index >= 15 is 0 Å². The van der Waals surface area contributed by atoms with Crippen molar-refractivity contribution in [1.29, 1.82) is 0 Å². The molecule has 0 spiro atoms. The highest BCUT2D eigenvalue weighted by Crippen LogP contribution is 2.68. The average Bonchev–Trinajstić information content (AvgIpc) is 2.79. The number of amides is 1. The summed E-state index contributed by atoms with van der Waals surface area (Å²) >= 11 is 0. The summed E-state index contributed by atoms with van der Waals surface area (Å²) in [5, 5.41) is 6.34. The number of carbonyl (C=O) groups is 1. The van der Waals surface area contributed by atoms with Gasteiger partial charge in [-0.3, -0.25) is 4.79 Å². The molecule has 3 nitrogen and oxygen atoms in total. The maximum absolute atomic E-state index is 12.5. The van der Waals surface area contributed by atoms with Gasteiger partial charge in [0.2, 0.25) is 5.91 Å². The predicted molar refractivity (Wildman–Crippen MR) is 83.6 cm³/mol. The molecule has 0 radical (unpaired) electrons. The first kappa shape index (κ1) is 15.0. The fourth-order valence-electron chi connectivity index (χ4n) is 3.20. The van der Waals surface area contributed by atoms with Crippen LogP contribution in [0.3, 0.4) is 0 Å². The monoisotopic (exact) mass is 274 g/mol. The molecule has 2 N–H and O–H groups in total. The van der Waals surface area contributed by atoms with Crippen LogP contribution in [0.25, 0.3) is 0 Å². The molecule has 1 amide bonds. The number of carbonyl (C=O) groups excluding carboxylic acids is 1. The van der Waals surface area contributed by atoms with Crippen molar-refractivity contribution in [2.45, 2.75) is 40.7 Å². The van der Waals surface area contributed by atoms with E-state index in [1.54, 1.807) is 0 Å². The molecule has 0 saturated heterocycles. The van der Waals surface area contributed by atoms with E-state index in [1.807, 2.05) is 25.2 Å². The normalized spacial score (nSPS) is 21.3. The second-order valence-electron chi connectivity index (χ2n) is 6.96. The molecular formula is C17H26N2O. The van der Waals surface area contributed by atoms with Crippen LogP contribution >= 0.6 is 0 Å². The van der Waals surface area contributed by atoms with Crippen molar-refractivity contribution in [2.75, 3.05) is 12.4 Å². The fraction of sp³-hybridized carbons (Fsp3) is 0.588. The van der Waals surface area contributed by atoms with Crippen LogP contribution in [0, 0.1) is 16.7 Å². The highest BCUT2D eigenvalue weighted by atomic mass is 16.2. The lowest BCUT2D eigenvalue weighted by molar-refractivity contribution is -0.118. The second kappa shape index (κ2) is 4.88. The minimum Gasteiger partial charge on any atom is -0.326 e. The maximum atomic E-state index is 12.5. The van der Waals surface area contributed by atoms with Crippen LogP contribution in [0.4, 0.5) is 5.69 Å². The van der Waals surface area contributed by atoms with Crippen LogP contribution in [0.2, 0.25) is 0 Å². The van der Waals surface area contributed by atoms with Crippen molar-refractivity contribution in [1.82, 2.24) is 5.32 Å². The highest BCUT2D eigenvalue weighted by molar-refractivity contribution is 5.96. The first-order valence-electron chi connectivity index (χ1n) is 7.30. The molecular weight excluding hydrogens is 248 g/mol. The lowest BCUT2D eigenvalue weighted by Gasteiger charge is -2.16. The van der Waals surface area contributed by atoms with Crippen LogP contribution in [0.1, 0.15) is 46.2 Å². The molecule has 1 fully saturated rings. The third-order valence-corrected chi connectivity index (χ3v) is 5.40. The van der Waals surface area contributed by atoms with Gasteiger partial charge in [0.15, 0.2) is 0 Å². The van der Waals surface area contributed by atoms with Gasteiger partial charge in [0.1, 0.15) is 0 Å². The zero-order valence-corrected chi connectivity index (χ0v) is 13.4. The van der Waals surface area contributed by atoms with Crippen molar-refractivity contribution < 1.29 is 4.79 Å². The molecule has 20 heavy (non-hydrogen) atoms. The van der Waals surface area contributed by atoms with Crippen LogP contribution in [-0.4, -0.2) is 13.0 Å². The molecule has 1 aliphatic rings. The minimum absolute atomic E-state index is 0.0701. The van der Waals surface area contributed by atoms with E-state index in [0.29, 0.717) is 0 Å². The number of rotatable bonds is 4. The Hall–Kier alpha value is -1.35. The molecule has 110 valence electrons. The molecule has 0 aliphatic heterocycles.